The standard InChI is InChI=1S/C21H20N2O2S/c24-21(23-16-18-6-4-5-13-22-18)17-9-11-19(12-10-17)25-14-15-26-20-7-2-1-3-8-20/h1-13H,14-16H2,(H,23,24). The molecule has 3 aromatic rings. The van der Waals surface area contributed by atoms with Gasteiger partial charge in [-0.25, -0.2) is 0 Å². The van der Waals surface area contributed by atoms with Gasteiger partial charge < -0.3 is 10.1 Å². The summed E-state index contributed by atoms with van der Waals surface area (Å²) in [5.41, 5.74) is 1.43. The van der Waals surface area contributed by atoms with E-state index in [1.165, 1.54) is 4.90 Å². The minimum atomic E-state index is -0.123. The Morgan fingerprint density at radius 3 is 2.46 bits per heavy atom. The van der Waals surface area contributed by atoms with Crippen LogP contribution in [0.3, 0.4) is 0 Å². The highest BCUT2D eigenvalue weighted by atomic mass is 32.2. The SMILES string of the molecule is O=C(NCc1ccccn1)c1ccc(OCCSc2ccccc2)cc1. The van der Waals surface area contributed by atoms with Crippen molar-refractivity contribution < 1.29 is 9.53 Å². The van der Waals surface area contributed by atoms with Crippen molar-refractivity contribution in [3.8, 4) is 5.75 Å². The van der Waals surface area contributed by atoms with E-state index in [1.54, 1.807) is 30.1 Å². The number of aromatic nitrogens is 1. The van der Waals surface area contributed by atoms with Crippen LogP contribution < -0.4 is 10.1 Å². The molecule has 1 N–H and O–H groups in total. The third-order valence-corrected chi connectivity index (χ3v) is 4.61. The van der Waals surface area contributed by atoms with E-state index in [4.69, 9.17) is 4.74 Å². The molecule has 3 rings (SSSR count). The Labute approximate surface area is 157 Å². The van der Waals surface area contributed by atoms with E-state index < -0.39 is 0 Å². The molecule has 26 heavy (non-hydrogen) atoms. The monoisotopic (exact) mass is 364 g/mol. The molecule has 132 valence electrons. The van der Waals surface area contributed by atoms with Gasteiger partial charge in [-0.2, -0.15) is 0 Å². The molecule has 0 saturated heterocycles. The van der Waals surface area contributed by atoms with Crippen LogP contribution in [0.5, 0.6) is 5.75 Å². The number of carbonyl (C=O) groups is 1. The normalized spacial score (nSPS) is 10.3. The Hall–Kier alpha value is -2.79. The van der Waals surface area contributed by atoms with Gasteiger partial charge in [-0.1, -0.05) is 24.3 Å². The van der Waals surface area contributed by atoms with Gasteiger partial charge in [0, 0.05) is 22.4 Å². The molecule has 1 aromatic heterocycles. The maximum Gasteiger partial charge on any atom is 0.251 e. The van der Waals surface area contributed by atoms with E-state index in [-0.39, 0.29) is 5.91 Å². The molecule has 5 heteroatoms. The topological polar surface area (TPSA) is 51.2 Å². The third-order valence-electron chi connectivity index (χ3n) is 3.64. The number of pyridine rings is 1. The summed E-state index contributed by atoms with van der Waals surface area (Å²) in [6.45, 7) is 1.03. The van der Waals surface area contributed by atoms with Gasteiger partial charge in [0.2, 0.25) is 0 Å². The van der Waals surface area contributed by atoms with Crippen molar-refractivity contribution in [1.29, 1.82) is 0 Å². The van der Waals surface area contributed by atoms with Gasteiger partial charge in [0.15, 0.2) is 0 Å². The smallest absolute Gasteiger partial charge is 0.251 e. The fraction of sp³-hybridized carbons (Fsp3) is 0.143. The fourth-order valence-electron chi connectivity index (χ4n) is 2.31. The number of thioether (sulfide) groups is 1. The number of carbonyl (C=O) groups excluding carboxylic acids is 1. The van der Waals surface area contributed by atoms with Crippen LogP contribution in [0.15, 0.2) is 83.9 Å². The van der Waals surface area contributed by atoms with Crippen molar-refractivity contribution in [2.75, 3.05) is 12.4 Å². The van der Waals surface area contributed by atoms with Gasteiger partial charge in [-0.15, -0.1) is 11.8 Å². The van der Waals surface area contributed by atoms with Gasteiger partial charge in [-0.3, -0.25) is 9.78 Å². The Morgan fingerprint density at radius 2 is 1.73 bits per heavy atom. The summed E-state index contributed by atoms with van der Waals surface area (Å²) in [4.78, 5) is 17.6. The summed E-state index contributed by atoms with van der Waals surface area (Å²) in [5, 5.41) is 2.86. The van der Waals surface area contributed by atoms with Crippen LogP contribution in [0.25, 0.3) is 0 Å². The van der Waals surface area contributed by atoms with Crippen LogP contribution in [-0.4, -0.2) is 23.3 Å². The van der Waals surface area contributed by atoms with Gasteiger partial charge >= 0.3 is 0 Å². The average molecular weight is 364 g/mol. The Bertz CT molecular complexity index is 808. The lowest BCUT2D eigenvalue weighted by molar-refractivity contribution is 0.0950. The molecule has 4 nitrogen and oxygen atoms in total. The first kappa shape index (κ1) is 18.0. The second-order valence-corrected chi connectivity index (χ2v) is 6.71. The minimum Gasteiger partial charge on any atom is -0.493 e. The second-order valence-electron chi connectivity index (χ2n) is 5.54. The molecule has 1 heterocycles. The lowest BCUT2D eigenvalue weighted by Gasteiger charge is -2.08. The molecule has 2 aromatic carbocycles. The zero-order chi connectivity index (χ0) is 18.0. The fourth-order valence-corrected chi connectivity index (χ4v) is 3.07. The maximum atomic E-state index is 12.2. The summed E-state index contributed by atoms with van der Waals surface area (Å²) in [6.07, 6.45) is 1.71. The molecule has 0 aliphatic heterocycles. The summed E-state index contributed by atoms with van der Waals surface area (Å²) < 4.78 is 5.73. The quantitative estimate of drug-likeness (QED) is 0.481. The first-order valence-electron chi connectivity index (χ1n) is 8.40. The molecule has 0 bridgehead atoms. The van der Waals surface area contributed by atoms with E-state index >= 15 is 0 Å². The Kier molecular flexibility index (Phi) is 6.67. The highest BCUT2D eigenvalue weighted by Crippen LogP contribution is 2.18. The molecule has 0 atom stereocenters. The highest BCUT2D eigenvalue weighted by Gasteiger charge is 2.06. The zero-order valence-electron chi connectivity index (χ0n) is 14.3. The van der Waals surface area contributed by atoms with E-state index in [9.17, 15) is 4.79 Å². The molecule has 0 radical (unpaired) electrons. The second kappa shape index (κ2) is 9.63. The van der Waals surface area contributed by atoms with Crippen LogP contribution in [0.4, 0.5) is 0 Å². The summed E-state index contributed by atoms with van der Waals surface area (Å²) in [7, 11) is 0. The number of nitrogens with one attached hydrogen (secondary N) is 1. The zero-order valence-corrected chi connectivity index (χ0v) is 15.1. The third kappa shape index (κ3) is 5.63. The van der Waals surface area contributed by atoms with Crippen molar-refractivity contribution in [2.45, 2.75) is 11.4 Å². The number of benzene rings is 2. The maximum absolute atomic E-state index is 12.2. The lowest BCUT2D eigenvalue weighted by Crippen LogP contribution is -2.23. The van der Waals surface area contributed by atoms with Crippen LogP contribution in [-0.2, 0) is 6.54 Å². The van der Waals surface area contributed by atoms with Crippen molar-refractivity contribution in [2.24, 2.45) is 0 Å². The summed E-state index contributed by atoms with van der Waals surface area (Å²) >= 11 is 1.76. The number of hydrogen-bond donors (Lipinski definition) is 1. The molecule has 0 unspecified atom stereocenters. The van der Waals surface area contributed by atoms with Crippen molar-refractivity contribution in [3.05, 3.63) is 90.3 Å². The molecule has 0 saturated carbocycles. The van der Waals surface area contributed by atoms with Crippen LogP contribution in [0.1, 0.15) is 16.1 Å². The highest BCUT2D eigenvalue weighted by molar-refractivity contribution is 7.99. The lowest BCUT2D eigenvalue weighted by atomic mass is 10.2. The molecule has 1 amide bonds. The average Bonchev–Trinajstić information content (AvgIpc) is 2.71. The number of hydrogen-bond acceptors (Lipinski definition) is 4. The number of rotatable bonds is 8. The number of amides is 1. The number of nitrogens with zero attached hydrogens (tertiary/aromatic N) is 1. The van der Waals surface area contributed by atoms with Crippen molar-refractivity contribution >= 4 is 17.7 Å². The molecular formula is C21H20N2O2S. The van der Waals surface area contributed by atoms with Gasteiger partial charge in [0.25, 0.3) is 5.91 Å². The van der Waals surface area contributed by atoms with E-state index in [1.807, 2.05) is 48.5 Å². The summed E-state index contributed by atoms with van der Waals surface area (Å²) in [5.74, 6) is 1.51. The summed E-state index contributed by atoms with van der Waals surface area (Å²) in [6, 6.07) is 23.1. The molecular weight excluding hydrogens is 344 g/mol. The first-order chi connectivity index (χ1) is 12.8. The van der Waals surface area contributed by atoms with Crippen LogP contribution in [0.2, 0.25) is 0 Å². The van der Waals surface area contributed by atoms with Crippen molar-refractivity contribution in [3.63, 3.8) is 0 Å². The molecule has 0 aliphatic carbocycles. The predicted octanol–water partition coefficient (Wildman–Crippen LogP) is 4.18. The van der Waals surface area contributed by atoms with Crippen molar-refractivity contribution in [1.82, 2.24) is 10.3 Å². The van der Waals surface area contributed by atoms with E-state index in [2.05, 4.69) is 22.4 Å². The van der Waals surface area contributed by atoms with Gasteiger partial charge in [-0.05, 0) is 48.5 Å². The van der Waals surface area contributed by atoms with Crippen LogP contribution in [0, 0.1) is 0 Å². The molecule has 0 spiro atoms. The first-order valence-corrected chi connectivity index (χ1v) is 9.38. The van der Waals surface area contributed by atoms with E-state index in [0.29, 0.717) is 18.7 Å². The predicted molar refractivity (Wildman–Crippen MR) is 105 cm³/mol. The molecule has 0 aliphatic rings. The Morgan fingerprint density at radius 1 is 0.962 bits per heavy atom. The Balaban J connectivity index is 1.42. The van der Waals surface area contributed by atoms with E-state index in [0.717, 1.165) is 17.2 Å². The minimum absolute atomic E-state index is 0.123. The van der Waals surface area contributed by atoms with Crippen LogP contribution >= 0.6 is 11.8 Å². The van der Waals surface area contributed by atoms with Gasteiger partial charge in [0.1, 0.15) is 5.75 Å². The van der Waals surface area contributed by atoms with Gasteiger partial charge in [0.05, 0.1) is 18.8 Å². The largest absolute Gasteiger partial charge is 0.493 e. The number of ether oxygens (including phenoxy) is 1. The molecule has 0 fully saturated rings.